The number of nitrogens with one attached hydrogen (secondary N) is 3. The van der Waals surface area contributed by atoms with Crippen LogP contribution in [0.25, 0.3) is 10.8 Å². The predicted octanol–water partition coefficient (Wildman–Crippen LogP) is 3.12. The Morgan fingerprint density at radius 1 is 0.871 bits per heavy atom. The summed E-state index contributed by atoms with van der Waals surface area (Å²) in [6, 6.07) is 18.1. The SMILES string of the molecule is CC(C)[C@H](NC(=O)Cc1cccc2ccccc12)C(=O)NNC(=O)c1ccccc1F. The van der Waals surface area contributed by atoms with E-state index in [0.29, 0.717) is 0 Å². The Kier molecular flexibility index (Phi) is 6.97. The Morgan fingerprint density at radius 3 is 2.29 bits per heavy atom. The van der Waals surface area contributed by atoms with Crippen molar-refractivity contribution in [2.45, 2.75) is 26.3 Å². The van der Waals surface area contributed by atoms with Crippen LogP contribution in [0.2, 0.25) is 0 Å². The topological polar surface area (TPSA) is 87.3 Å². The zero-order valence-electron chi connectivity index (χ0n) is 17.3. The molecule has 0 fully saturated rings. The fourth-order valence-electron chi connectivity index (χ4n) is 3.29. The molecule has 7 heteroatoms. The molecule has 6 nitrogen and oxygen atoms in total. The Bertz CT molecular complexity index is 1110. The normalized spacial score (nSPS) is 11.7. The van der Waals surface area contributed by atoms with E-state index in [1.165, 1.54) is 18.2 Å². The van der Waals surface area contributed by atoms with Gasteiger partial charge in [-0.3, -0.25) is 25.2 Å². The molecule has 0 heterocycles. The van der Waals surface area contributed by atoms with E-state index in [4.69, 9.17) is 0 Å². The zero-order chi connectivity index (χ0) is 22.4. The third-order valence-corrected chi connectivity index (χ3v) is 4.91. The molecule has 0 aromatic heterocycles. The average Bonchev–Trinajstić information content (AvgIpc) is 2.76. The summed E-state index contributed by atoms with van der Waals surface area (Å²) in [5, 5.41) is 4.73. The number of amides is 3. The molecule has 0 unspecified atom stereocenters. The molecular weight excluding hydrogens is 397 g/mol. The van der Waals surface area contributed by atoms with E-state index in [-0.39, 0.29) is 23.8 Å². The van der Waals surface area contributed by atoms with E-state index in [0.717, 1.165) is 22.4 Å². The van der Waals surface area contributed by atoms with Crippen LogP contribution in [0.3, 0.4) is 0 Å². The van der Waals surface area contributed by atoms with Crippen molar-refractivity contribution in [2.75, 3.05) is 0 Å². The van der Waals surface area contributed by atoms with Gasteiger partial charge in [-0.1, -0.05) is 68.4 Å². The van der Waals surface area contributed by atoms with Crippen LogP contribution in [0.15, 0.2) is 66.7 Å². The Balaban J connectivity index is 1.63. The lowest BCUT2D eigenvalue weighted by molar-refractivity contribution is -0.130. The molecule has 3 aromatic carbocycles. The molecule has 0 aliphatic heterocycles. The number of carbonyl (C=O) groups is 3. The summed E-state index contributed by atoms with van der Waals surface area (Å²) < 4.78 is 13.7. The monoisotopic (exact) mass is 421 g/mol. The summed E-state index contributed by atoms with van der Waals surface area (Å²) in [5.41, 5.74) is 5.12. The van der Waals surface area contributed by atoms with Gasteiger partial charge in [0.15, 0.2) is 0 Å². The molecule has 3 N–H and O–H groups in total. The smallest absolute Gasteiger partial charge is 0.272 e. The molecule has 3 amide bonds. The summed E-state index contributed by atoms with van der Waals surface area (Å²) in [6.45, 7) is 3.56. The fourth-order valence-corrected chi connectivity index (χ4v) is 3.29. The van der Waals surface area contributed by atoms with Crippen molar-refractivity contribution in [3.63, 3.8) is 0 Å². The maximum atomic E-state index is 13.7. The van der Waals surface area contributed by atoms with Crippen LogP contribution in [0.4, 0.5) is 4.39 Å². The number of rotatable bonds is 6. The summed E-state index contributed by atoms with van der Waals surface area (Å²) in [5.74, 6) is -2.62. The number of hydrogen-bond acceptors (Lipinski definition) is 3. The van der Waals surface area contributed by atoms with Gasteiger partial charge in [0.05, 0.1) is 12.0 Å². The van der Waals surface area contributed by atoms with Crippen LogP contribution in [-0.2, 0) is 16.0 Å². The summed E-state index contributed by atoms with van der Waals surface area (Å²) in [6.07, 6.45) is 0.111. The molecule has 3 aromatic rings. The molecule has 0 radical (unpaired) electrons. The molecule has 160 valence electrons. The molecule has 0 aliphatic carbocycles. The van der Waals surface area contributed by atoms with Crippen LogP contribution in [-0.4, -0.2) is 23.8 Å². The van der Waals surface area contributed by atoms with Crippen molar-refractivity contribution in [1.82, 2.24) is 16.2 Å². The lowest BCUT2D eigenvalue weighted by Gasteiger charge is -2.22. The van der Waals surface area contributed by atoms with E-state index < -0.39 is 23.7 Å². The fraction of sp³-hybridized carbons (Fsp3) is 0.208. The molecule has 0 aliphatic rings. The van der Waals surface area contributed by atoms with Crippen LogP contribution in [0.1, 0.15) is 29.8 Å². The number of fused-ring (bicyclic) bond motifs is 1. The molecular formula is C24H24FN3O3. The minimum atomic E-state index is -0.872. The van der Waals surface area contributed by atoms with E-state index in [1.807, 2.05) is 42.5 Å². The number of carbonyl (C=O) groups excluding carboxylic acids is 3. The number of benzene rings is 3. The van der Waals surface area contributed by atoms with E-state index in [9.17, 15) is 18.8 Å². The van der Waals surface area contributed by atoms with Crippen molar-refractivity contribution in [3.05, 3.63) is 83.7 Å². The van der Waals surface area contributed by atoms with Gasteiger partial charge in [-0.2, -0.15) is 0 Å². The number of hydrogen-bond donors (Lipinski definition) is 3. The highest BCUT2D eigenvalue weighted by molar-refractivity contribution is 5.97. The van der Waals surface area contributed by atoms with Crippen molar-refractivity contribution in [2.24, 2.45) is 5.92 Å². The molecule has 3 rings (SSSR count). The summed E-state index contributed by atoms with van der Waals surface area (Å²) in [7, 11) is 0. The molecule has 0 bridgehead atoms. The van der Waals surface area contributed by atoms with E-state index in [1.54, 1.807) is 13.8 Å². The molecule has 31 heavy (non-hydrogen) atoms. The first-order valence-corrected chi connectivity index (χ1v) is 9.97. The van der Waals surface area contributed by atoms with Gasteiger partial charge >= 0.3 is 0 Å². The first-order chi connectivity index (χ1) is 14.9. The molecule has 1 atom stereocenters. The van der Waals surface area contributed by atoms with Crippen molar-refractivity contribution < 1.29 is 18.8 Å². The predicted molar refractivity (Wildman–Crippen MR) is 116 cm³/mol. The van der Waals surface area contributed by atoms with Gasteiger partial charge in [0, 0.05) is 0 Å². The van der Waals surface area contributed by atoms with Crippen LogP contribution in [0, 0.1) is 11.7 Å². The van der Waals surface area contributed by atoms with Gasteiger partial charge in [0.2, 0.25) is 5.91 Å². The van der Waals surface area contributed by atoms with E-state index in [2.05, 4.69) is 16.2 Å². The highest BCUT2D eigenvalue weighted by Gasteiger charge is 2.25. The maximum absolute atomic E-state index is 13.7. The van der Waals surface area contributed by atoms with Crippen LogP contribution >= 0.6 is 0 Å². The highest BCUT2D eigenvalue weighted by atomic mass is 19.1. The van der Waals surface area contributed by atoms with Gasteiger partial charge < -0.3 is 5.32 Å². The van der Waals surface area contributed by atoms with E-state index >= 15 is 0 Å². The summed E-state index contributed by atoms with van der Waals surface area (Å²) in [4.78, 5) is 37.3. The van der Waals surface area contributed by atoms with Gasteiger partial charge in [-0.05, 0) is 34.4 Å². The van der Waals surface area contributed by atoms with Crippen LogP contribution in [0.5, 0.6) is 0 Å². The molecule has 0 spiro atoms. The van der Waals surface area contributed by atoms with Gasteiger partial charge in [-0.15, -0.1) is 0 Å². The van der Waals surface area contributed by atoms with Gasteiger partial charge in [0.1, 0.15) is 11.9 Å². The molecule has 0 saturated carbocycles. The second-order valence-electron chi connectivity index (χ2n) is 7.53. The summed E-state index contributed by atoms with van der Waals surface area (Å²) >= 11 is 0. The third-order valence-electron chi connectivity index (χ3n) is 4.91. The van der Waals surface area contributed by atoms with Gasteiger partial charge in [-0.25, -0.2) is 4.39 Å². The molecule has 0 saturated heterocycles. The lowest BCUT2D eigenvalue weighted by Crippen LogP contribution is -2.54. The maximum Gasteiger partial charge on any atom is 0.272 e. The Hall–Kier alpha value is -3.74. The number of hydrazine groups is 1. The standard InChI is InChI=1S/C24H24FN3O3/c1-15(2)22(24(31)28-27-23(30)19-12-5-6-13-20(19)25)26-21(29)14-17-10-7-9-16-8-3-4-11-18(16)17/h3-13,15,22H,14H2,1-2H3,(H,26,29)(H,27,30)(H,28,31)/t22-/m0/s1. The van der Waals surface area contributed by atoms with Gasteiger partial charge in [0.25, 0.3) is 11.8 Å². The Morgan fingerprint density at radius 2 is 1.55 bits per heavy atom. The highest BCUT2D eigenvalue weighted by Crippen LogP contribution is 2.19. The Labute approximate surface area is 179 Å². The third kappa shape index (κ3) is 5.45. The minimum Gasteiger partial charge on any atom is -0.344 e. The largest absolute Gasteiger partial charge is 0.344 e. The second-order valence-corrected chi connectivity index (χ2v) is 7.53. The second kappa shape index (κ2) is 9.84. The number of halogens is 1. The average molecular weight is 421 g/mol. The first kappa shape index (κ1) is 22.0. The van der Waals surface area contributed by atoms with Crippen molar-refractivity contribution >= 4 is 28.5 Å². The minimum absolute atomic E-state index is 0.111. The van der Waals surface area contributed by atoms with Crippen molar-refractivity contribution in [3.8, 4) is 0 Å². The zero-order valence-corrected chi connectivity index (χ0v) is 17.3. The van der Waals surface area contributed by atoms with Crippen LogP contribution < -0.4 is 16.2 Å². The quantitative estimate of drug-likeness (QED) is 0.535. The van der Waals surface area contributed by atoms with Crippen molar-refractivity contribution in [1.29, 1.82) is 0 Å². The lowest BCUT2D eigenvalue weighted by atomic mass is 10.0. The first-order valence-electron chi connectivity index (χ1n) is 9.97.